The Hall–Kier alpha value is -4.46. The van der Waals surface area contributed by atoms with Gasteiger partial charge in [0.15, 0.2) is 17.2 Å². The van der Waals surface area contributed by atoms with Crippen LogP contribution in [0.15, 0.2) is 78.0 Å². The fourth-order valence-electron chi connectivity index (χ4n) is 5.13. The van der Waals surface area contributed by atoms with E-state index in [4.69, 9.17) is 0 Å². The van der Waals surface area contributed by atoms with Crippen molar-refractivity contribution in [2.75, 3.05) is 10.7 Å². The number of aromatic nitrogens is 3. The second-order valence-electron chi connectivity index (χ2n) is 11.1. The van der Waals surface area contributed by atoms with Crippen molar-refractivity contribution in [3.63, 3.8) is 0 Å². The van der Waals surface area contributed by atoms with Crippen LogP contribution in [-0.4, -0.2) is 50.4 Å². The Morgan fingerprint density at radius 1 is 1.11 bits per heavy atom. The number of rotatable bonds is 9. The van der Waals surface area contributed by atoms with Crippen molar-refractivity contribution in [2.45, 2.75) is 64.9 Å². The Morgan fingerprint density at radius 2 is 1.83 bits per heavy atom. The molecule has 5 rings (SSSR count). The number of amidine groups is 1. The van der Waals surface area contributed by atoms with Crippen LogP contribution in [0, 0.1) is 6.92 Å². The number of carbonyl (C=O) groups is 1. The van der Waals surface area contributed by atoms with E-state index in [-0.39, 0.29) is 23.2 Å². The number of aryl methyl sites for hydroxylation is 2. The maximum Gasteiger partial charge on any atom is 0.573 e. The van der Waals surface area contributed by atoms with Crippen LogP contribution in [0.25, 0.3) is 17.1 Å². The molecule has 1 fully saturated rings. The van der Waals surface area contributed by atoms with E-state index >= 15 is 8.78 Å². The summed E-state index contributed by atoms with van der Waals surface area (Å²) >= 11 is 1.40. The molecule has 1 saturated heterocycles. The van der Waals surface area contributed by atoms with Crippen molar-refractivity contribution in [1.82, 2.24) is 20.1 Å². The first-order valence-corrected chi connectivity index (χ1v) is 16.0. The summed E-state index contributed by atoms with van der Waals surface area (Å²) in [6, 6.07) is 16.1. The monoisotopic (exact) mass is 672 g/mol. The van der Waals surface area contributed by atoms with E-state index in [9.17, 15) is 18.0 Å². The third-order valence-electron chi connectivity index (χ3n) is 7.46. The van der Waals surface area contributed by atoms with Crippen LogP contribution in [-0.2, 0) is 6.42 Å². The molecule has 3 aromatic carbocycles. The number of hydrogen-bond acceptors (Lipinski definition) is 5. The number of hydrogen-bond donors (Lipinski definition) is 1. The number of amides is 2. The van der Waals surface area contributed by atoms with Crippen LogP contribution in [0.1, 0.15) is 49.6 Å². The highest BCUT2D eigenvalue weighted by Gasteiger charge is 2.31. The number of nitrogens with one attached hydrogen (secondary N) is 1. The second-order valence-corrected chi connectivity index (χ2v) is 12.1. The van der Waals surface area contributed by atoms with E-state index in [2.05, 4.69) is 45.8 Å². The number of anilines is 1. The van der Waals surface area contributed by atoms with E-state index in [0.29, 0.717) is 16.4 Å². The number of thioether (sulfide) groups is 1. The zero-order valence-electron chi connectivity index (χ0n) is 25.8. The van der Waals surface area contributed by atoms with E-state index in [0.717, 1.165) is 54.0 Å². The summed E-state index contributed by atoms with van der Waals surface area (Å²) in [6.07, 6.45) is -5.28. The normalized spacial score (nSPS) is 17.4. The summed E-state index contributed by atoms with van der Waals surface area (Å²) in [5.41, 5.74) is 4.07. The molecule has 4 aromatic rings. The number of nitrogens with zero attached hydrogens (tertiary/aromatic N) is 5. The molecule has 2 heterocycles. The molecular formula is C33H33F5N6O2S. The summed E-state index contributed by atoms with van der Waals surface area (Å²) in [6.45, 7) is 6.15. The summed E-state index contributed by atoms with van der Waals surface area (Å²) in [7, 11) is 0. The largest absolute Gasteiger partial charge is 0.573 e. The highest BCUT2D eigenvalue weighted by Crippen LogP contribution is 2.33. The molecule has 8 nitrogen and oxygen atoms in total. The van der Waals surface area contributed by atoms with Crippen molar-refractivity contribution in [2.24, 2.45) is 4.99 Å². The van der Waals surface area contributed by atoms with Gasteiger partial charge in [0.25, 0.3) is 0 Å². The van der Waals surface area contributed by atoms with Gasteiger partial charge in [0, 0.05) is 23.0 Å². The molecule has 0 spiro atoms. The van der Waals surface area contributed by atoms with Crippen LogP contribution in [0.4, 0.5) is 32.4 Å². The summed E-state index contributed by atoms with van der Waals surface area (Å²) in [5, 5.41) is 6.79. The number of carbonyl (C=O) groups excluding carboxylic acids is 1. The van der Waals surface area contributed by atoms with E-state index in [1.807, 2.05) is 23.2 Å². The molecule has 47 heavy (non-hydrogen) atoms. The Balaban J connectivity index is 1.24. The maximum absolute atomic E-state index is 15.2. The van der Waals surface area contributed by atoms with Crippen LogP contribution in [0.3, 0.4) is 0 Å². The summed E-state index contributed by atoms with van der Waals surface area (Å²) in [4.78, 5) is 23.2. The minimum atomic E-state index is -4.80. The molecule has 3 atom stereocenters. The number of halogens is 5. The first kappa shape index (κ1) is 33.9. The van der Waals surface area contributed by atoms with Crippen LogP contribution in [0.5, 0.6) is 5.75 Å². The highest BCUT2D eigenvalue weighted by molar-refractivity contribution is 8.14. The van der Waals surface area contributed by atoms with Gasteiger partial charge in [-0.2, -0.15) is 4.99 Å². The molecule has 0 aliphatic carbocycles. The quantitative estimate of drug-likeness (QED) is 0.142. The molecule has 248 valence electrons. The lowest BCUT2D eigenvalue weighted by atomic mass is 10.0. The molecule has 14 heteroatoms. The maximum atomic E-state index is 15.2. The fourth-order valence-corrected chi connectivity index (χ4v) is 6.34. The minimum Gasteiger partial charge on any atom is -0.406 e. The average molecular weight is 673 g/mol. The SMILES string of the molecule is CCCc1ccc(C)cc1N1C(=NC(=O)NC(F)C(F)c2ccc(-c3ncn(-c4ccc(OC(F)(F)F)cc4)n3)cc2)SCCC1C. The Bertz CT molecular complexity index is 1710. The lowest BCUT2D eigenvalue weighted by Gasteiger charge is -2.37. The lowest BCUT2D eigenvalue weighted by Crippen LogP contribution is -2.43. The van der Waals surface area contributed by atoms with E-state index < -0.39 is 24.9 Å². The van der Waals surface area contributed by atoms with Gasteiger partial charge in [-0.15, -0.1) is 18.3 Å². The lowest BCUT2D eigenvalue weighted by molar-refractivity contribution is -0.274. The van der Waals surface area contributed by atoms with Crippen LogP contribution >= 0.6 is 11.8 Å². The number of urea groups is 1. The number of alkyl halides is 5. The Morgan fingerprint density at radius 3 is 2.51 bits per heavy atom. The van der Waals surface area contributed by atoms with Crippen LogP contribution < -0.4 is 15.0 Å². The third-order valence-corrected chi connectivity index (χ3v) is 8.45. The van der Waals surface area contributed by atoms with E-state index in [1.54, 1.807) is 0 Å². The first-order valence-electron chi connectivity index (χ1n) is 15.0. The van der Waals surface area contributed by atoms with Crippen molar-refractivity contribution in [1.29, 1.82) is 0 Å². The zero-order chi connectivity index (χ0) is 33.7. The Kier molecular flexibility index (Phi) is 10.5. The van der Waals surface area contributed by atoms with Gasteiger partial charge in [-0.3, -0.25) is 0 Å². The predicted octanol–water partition coefficient (Wildman–Crippen LogP) is 8.50. The topological polar surface area (TPSA) is 84.6 Å². The van der Waals surface area contributed by atoms with Gasteiger partial charge >= 0.3 is 12.4 Å². The van der Waals surface area contributed by atoms with E-state index in [1.165, 1.54) is 59.2 Å². The molecule has 2 amide bonds. The van der Waals surface area contributed by atoms with Gasteiger partial charge in [0.05, 0.1) is 5.69 Å². The highest BCUT2D eigenvalue weighted by atomic mass is 32.2. The first-order chi connectivity index (χ1) is 22.4. The van der Waals surface area contributed by atoms with Crippen molar-refractivity contribution >= 4 is 28.6 Å². The molecule has 0 bridgehead atoms. The minimum absolute atomic E-state index is 0.0138. The van der Waals surface area contributed by atoms with Gasteiger partial charge in [-0.25, -0.2) is 23.2 Å². The molecule has 0 saturated carbocycles. The number of ether oxygens (including phenoxy) is 1. The second kappa shape index (κ2) is 14.5. The molecule has 1 aliphatic heterocycles. The zero-order valence-corrected chi connectivity index (χ0v) is 26.7. The molecule has 0 radical (unpaired) electrons. The van der Waals surface area contributed by atoms with Gasteiger partial charge in [-0.05, 0) is 73.7 Å². The summed E-state index contributed by atoms with van der Waals surface area (Å²) < 4.78 is 72.7. The van der Waals surface area contributed by atoms with Gasteiger partial charge in [0.2, 0.25) is 6.30 Å². The van der Waals surface area contributed by atoms with Gasteiger partial charge < -0.3 is 15.0 Å². The average Bonchev–Trinajstić information content (AvgIpc) is 3.52. The smallest absolute Gasteiger partial charge is 0.406 e. The molecule has 1 N–H and O–H groups in total. The van der Waals surface area contributed by atoms with Crippen molar-refractivity contribution < 1.29 is 31.5 Å². The van der Waals surface area contributed by atoms with Gasteiger partial charge in [-0.1, -0.05) is 61.5 Å². The third kappa shape index (κ3) is 8.47. The fraction of sp³-hybridized carbons (Fsp3) is 0.333. The van der Waals surface area contributed by atoms with Crippen LogP contribution in [0.2, 0.25) is 0 Å². The van der Waals surface area contributed by atoms with Crippen molar-refractivity contribution in [3.05, 3.63) is 89.7 Å². The van der Waals surface area contributed by atoms with Gasteiger partial charge in [0.1, 0.15) is 12.1 Å². The summed E-state index contributed by atoms with van der Waals surface area (Å²) in [5.74, 6) is 0.620. The molecular weight excluding hydrogens is 639 g/mol. The molecule has 1 aliphatic rings. The predicted molar refractivity (Wildman–Crippen MR) is 172 cm³/mol. The standard InChI is InChI=1S/C33H33F5N6O2S/c1-4-5-22-7-6-20(2)18-27(22)44-21(3)16-17-47-32(44)41-31(45)40-29(35)28(34)23-8-10-24(11-9-23)30-39-19-43(42-30)25-12-14-26(15-13-25)46-33(36,37)38/h6-15,18-19,21,28-29H,4-5,16-17H2,1-3H3,(H,40,45). The number of aliphatic imine (C=N–C) groups is 1. The molecule has 3 unspecified atom stereocenters. The number of benzene rings is 3. The van der Waals surface area contributed by atoms with Crippen molar-refractivity contribution in [3.8, 4) is 22.8 Å². The Labute approximate surface area is 273 Å². The molecule has 1 aromatic heterocycles.